The van der Waals surface area contributed by atoms with Crippen molar-refractivity contribution in [2.24, 2.45) is 0 Å². The molecule has 0 bridgehead atoms. The molecule has 1 atom stereocenters. The summed E-state index contributed by atoms with van der Waals surface area (Å²) in [7, 11) is -2.21. The van der Waals surface area contributed by atoms with Gasteiger partial charge in [0.05, 0.1) is 13.6 Å². The van der Waals surface area contributed by atoms with E-state index in [1.807, 2.05) is 13.8 Å². The second-order valence-corrected chi connectivity index (χ2v) is 7.08. The van der Waals surface area contributed by atoms with Gasteiger partial charge in [0.25, 0.3) is 0 Å². The highest BCUT2D eigenvalue weighted by molar-refractivity contribution is 7.64. The van der Waals surface area contributed by atoms with Gasteiger partial charge in [-0.05, 0) is 12.3 Å². The Labute approximate surface area is 73.5 Å². The minimum absolute atomic E-state index is 0.0267. The van der Waals surface area contributed by atoms with Gasteiger partial charge in [-0.1, -0.05) is 20.8 Å². The number of hydrogen-bond acceptors (Lipinski definition) is 2. The lowest BCUT2D eigenvalue weighted by molar-refractivity contribution is -0.136. The summed E-state index contributed by atoms with van der Waals surface area (Å²) in [6.07, 6.45) is 1.24. The van der Waals surface area contributed by atoms with E-state index in [9.17, 15) is 9.36 Å². The normalized spacial score (nSPS) is 14.2. The van der Waals surface area contributed by atoms with Crippen LogP contribution in [-0.2, 0) is 9.36 Å². The molecule has 0 aromatic heterocycles. The van der Waals surface area contributed by atoms with Gasteiger partial charge < -0.3 is 9.67 Å². The molecule has 0 saturated carbocycles. The minimum atomic E-state index is -2.21. The average Bonchev–Trinajstić information content (AvgIpc) is 2.02. The molecule has 0 aliphatic heterocycles. The Morgan fingerprint density at radius 3 is 2.08 bits per heavy atom. The van der Waals surface area contributed by atoms with Crippen molar-refractivity contribution < 1.29 is 14.5 Å². The molecule has 12 heavy (non-hydrogen) atoms. The smallest absolute Gasteiger partial charge is 0.304 e. The number of aliphatic carboxylic acids is 1. The summed E-state index contributed by atoms with van der Waals surface area (Å²) in [6.45, 7) is 5.49. The van der Waals surface area contributed by atoms with Gasteiger partial charge in [-0.2, -0.15) is 0 Å². The second kappa shape index (κ2) is 4.66. The van der Waals surface area contributed by atoms with Crippen molar-refractivity contribution in [1.29, 1.82) is 0 Å². The van der Waals surface area contributed by atoms with Crippen LogP contribution in [0.1, 0.15) is 27.2 Å². The van der Waals surface area contributed by atoms with Gasteiger partial charge in [0.1, 0.15) is 0 Å². The summed E-state index contributed by atoms with van der Waals surface area (Å²) in [5.74, 6) is -0.857. The van der Waals surface area contributed by atoms with Crippen LogP contribution < -0.4 is 0 Å². The molecule has 0 spiro atoms. The van der Waals surface area contributed by atoms with Crippen LogP contribution in [0.25, 0.3) is 0 Å². The van der Waals surface area contributed by atoms with Crippen LogP contribution in [0.5, 0.6) is 0 Å². The quantitative estimate of drug-likeness (QED) is 0.679. The van der Waals surface area contributed by atoms with E-state index >= 15 is 0 Å². The molecule has 0 saturated heterocycles. The number of carboxylic acid groups (broad SMARTS) is 1. The van der Waals surface area contributed by atoms with Gasteiger partial charge in [-0.3, -0.25) is 4.79 Å². The van der Waals surface area contributed by atoms with Crippen molar-refractivity contribution >= 4 is 13.1 Å². The first-order chi connectivity index (χ1) is 5.46. The van der Waals surface area contributed by atoms with Crippen LogP contribution in [0.3, 0.4) is 0 Å². The third-order valence-corrected chi connectivity index (χ3v) is 6.27. The van der Waals surface area contributed by atoms with E-state index in [-0.39, 0.29) is 12.1 Å². The molecule has 0 radical (unpaired) electrons. The van der Waals surface area contributed by atoms with E-state index in [0.717, 1.165) is 0 Å². The maximum atomic E-state index is 11.9. The Bertz CT molecular complexity index is 192. The lowest BCUT2D eigenvalue weighted by Gasteiger charge is -2.20. The summed E-state index contributed by atoms with van der Waals surface area (Å²) < 4.78 is 11.9. The largest absolute Gasteiger partial charge is 0.481 e. The van der Waals surface area contributed by atoms with E-state index in [2.05, 4.69) is 0 Å². The van der Waals surface area contributed by atoms with Crippen LogP contribution >= 0.6 is 7.14 Å². The molecule has 0 rings (SSSR count). The Kier molecular flexibility index (Phi) is 4.54. The van der Waals surface area contributed by atoms with Gasteiger partial charge in [-0.25, -0.2) is 0 Å². The molecule has 0 aliphatic carbocycles. The summed E-state index contributed by atoms with van der Waals surface area (Å²) in [5, 5.41) is 8.52. The van der Waals surface area contributed by atoms with E-state index in [4.69, 9.17) is 5.11 Å². The van der Waals surface area contributed by atoms with Crippen molar-refractivity contribution in [2.45, 2.75) is 32.9 Å². The van der Waals surface area contributed by atoms with Crippen molar-refractivity contribution in [3.8, 4) is 0 Å². The molecule has 0 amide bonds. The molecule has 4 heteroatoms. The number of hydrogen-bond donors (Lipinski definition) is 1. The number of carboxylic acids is 1. The summed E-state index contributed by atoms with van der Waals surface area (Å²) >= 11 is 0. The third-order valence-electron chi connectivity index (χ3n) is 2.34. The van der Waals surface area contributed by atoms with E-state index in [1.165, 1.54) is 0 Å². The molecule has 3 nitrogen and oxygen atoms in total. The monoisotopic (exact) mass is 192 g/mol. The highest BCUT2D eigenvalue weighted by Gasteiger charge is 2.26. The lowest BCUT2D eigenvalue weighted by atomic mass is 10.3. The predicted octanol–water partition coefficient (Wildman–Crippen LogP) is 2.25. The standard InChI is InChI=1S/C8H17O3P/c1-4-12(11,5-2)7(3)6-8(9)10/h7H,4-6H2,1-3H3,(H,9,10). The van der Waals surface area contributed by atoms with Crippen molar-refractivity contribution in [3.05, 3.63) is 0 Å². The zero-order valence-electron chi connectivity index (χ0n) is 7.91. The van der Waals surface area contributed by atoms with Crippen molar-refractivity contribution in [2.75, 3.05) is 12.3 Å². The molecule has 0 aromatic carbocycles. The summed E-state index contributed by atoms with van der Waals surface area (Å²) in [5.41, 5.74) is -0.176. The van der Waals surface area contributed by atoms with Gasteiger partial charge in [0, 0.05) is 5.66 Å². The first-order valence-corrected chi connectivity index (χ1v) is 6.40. The average molecular weight is 192 g/mol. The number of rotatable bonds is 5. The Hall–Kier alpha value is -0.300. The molecule has 1 unspecified atom stereocenters. The SMILES string of the molecule is CCP(=O)(CC)C(C)CC(=O)O. The van der Waals surface area contributed by atoms with Gasteiger partial charge in [0.15, 0.2) is 0 Å². The zero-order chi connectivity index (χ0) is 9.78. The Morgan fingerprint density at radius 2 is 1.83 bits per heavy atom. The summed E-state index contributed by atoms with van der Waals surface area (Å²) in [6, 6.07) is 0. The molecule has 0 aromatic rings. The van der Waals surface area contributed by atoms with Crippen LogP contribution in [0.4, 0.5) is 0 Å². The summed E-state index contributed by atoms with van der Waals surface area (Å²) in [4.78, 5) is 10.4. The highest BCUT2D eigenvalue weighted by Crippen LogP contribution is 2.50. The lowest BCUT2D eigenvalue weighted by Crippen LogP contribution is -2.12. The first-order valence-electron chi connectivity index (χ1n) is 4.25. The molecule has 72 valence electrons. The number of carbonyl (C=O) groups is 1. The topological polar surface area (TPSA) is 54.4 Å². The van der Waals surface area contributed by atoms with Crippen molar-refractivity contribution in [3.63, 3.8) is 0 Å². The maximum absolute atomic E-state index is 11.9. The fourth-order valence-corrected chi connectivity index (χ4v) is 3.45. The molecular formula is C8H17O3P. The Balaban J connectivity index is 4.32. The van der Waals surface area contributed by atoms with Crippen molar-refractivity contribution in [1.82, 2.24) is 0 Å². The molecule has 0 fully saturated rings. The minimum Gasteiger partial charge on any atom is -0.481 e. The van der Waals surface area contributed by atoms with Crippen LogP contribution in [0.15, 0.2) is 0 Å². The molecular weight excluding hydrogens is 175 g/mol. The Morgan fingerprint density at radius 1 is 1.42 bits per heavy atom. The second-order valence-electron chi connectivity index (χ2n) is 3.03. The van der Waals surface area contributed by atoms with Gasteiger partial charge >= 0.3 is 5.97 Å². The molecule has 1 N–H and O–H groups in total. The fourth-order valence-electron chi connectivity index (χ4n) is 1.27. The van der Waals surface area contributed by atoms with E-state index in [0.29, 0.717) is 12.3 Å². The van der Waals surface area contributed by atoms with Crippen LogP contribution in [0, 0.1) is 0 Å². The predicted molar refractivity (Wildman–Crippen MR) is 50.4 cm³/mol. The first kappa shape index (κ1) is 11.7. The third kappa shape index (κ3) is 2.98. The molecule has 0 aliphatic rings. The maximum Gasteiger partial charge on any atom is 0.304 e. The zero-order valence-corrected chi connectivity index (χ0v) is 8.80. The fraction of sp³-hybridized carbons (Fsp3) is 0.875. The van der Waals surface area contributed by atoms with Crippen LogP contribution in [-0.4, -0.2) is 29.1 Å². The molecule has 0 heterocycles. The van der Waals surface area contributed by atoms with Gasteiger partial charge in [0.2, 0.25) is 0 Å². The van der Waals surface area contributed by atoms with E-state index < -0.39 is 13.1 Å². The van der Waals surface area contributed by atoms with Crippen LogP contribution in [0.2, 0.25) is 0 Å². The van der Waals surface area contributed by atoms with Gasteiger partial charge in [-0.15, -0.1) is 0 Å². The highest BCUT2D eigenvalue weighted by atomic mass is 31.2. The van der Waals surface area contributed by atoms with E-state index in [1.54, 1.807) is 6.92 Å².